The molecule has 1 aromatic rings. The largest absolute Gasteiger partial charge is 0.387 e. The van der Waals surface area contributed by atoms with Crippen LogP contribution >= 0.6 is 0 Å². The number of hydrogen-bond donors (Lipinski definition) is 2. The molecule has 0 fully saturated rings. The van der Waals surface area contributed by atoms with Gasteiger partial charge in [0.25, 0.3) is 0 Å². The van der Waals surface area contributed by atoms with Crippen molar-refractivity contribution in [1.82, 2.24) is 5.32 Å². The minimum atomic E-state index is -0.726. The highest BCUT2D eigenvalue weighted by atomic mass is 16.3. The van der Waals surface area contributed by atoms with Gasteiger partial charge in [-0.3, -0.25) is 0 Å². The number of benzene rings is 1. The number of nitrogens with zero attached hydrogens (tertiary/aromatic N) is 1. The van der Waals surface area contributed by atoms with Gasteiger partial charge in [-0.1, -0.05) is 32.0 Å². The first kappa shape index (κ1) is 15.0. The van der Waals surface area contributed by atoms with Gasteiger partial charge in [0.1, 0.15) is 0 Å². The zero-order valence-corrected chi connectivity index (χ0v) is 12.0. The van der Waals surface area contributed by atoms with Crippen molar-refractivity contribution in [2.24, 2.45) is 0 Å². The van der Waals surface area contributed by atoms with Gasteiger partial charge in [0.2, 0.25) is 0 Å². The first-order valence-electron chi connectivity index (χ1n) is 6.70. The molecule has 102 valence electrons. The Balaban J connectivity index is 2.62. The van der Waals surface area contributed by atoms with Crippen LogP contribution in [0.5, 0.6) is 0 Å². The van der Waals surface area contributed by atoms with Crippen molar-refractivity contribution in [3.8, 4) is 0 Å². The second kappa shape index (κ2) is 6.76. The first-order valence-corrected chi connectivity index (χ1v) is 6.70. The van der Waals surface area contributed by atoms with Crippen LogP contribution in [0.1, 0.15) is 27.7 Å². The van der Waals surface area contributed by atoms with Crippen LogP contribution in [0.15, 0.2) is 30.3 Å². The lowest BCUT2D eigenvalue weighted by Crippen LogP contribution is -2.49. The number of anilines is 1. The minimum absolute atomic E-state index is 0.392. The van der Waals surface area contributed by atoms with Crippen molar-refractivity contribution in [2.45, 2.75) is 39.3 Å². The predicted molar refractivity (Wildman–Crippen MR) is 78.1 cm³/mol. The monoisotopic (exact) mass is 250 g/mol. The molecule has 0 saturated heterocycles. The number of hydrogen-bond acceptors (Lipinski definition) is 3. The van der Waals surface area contributed by atoms with E-state index in [2.05, 4.69) is 43.1 Å². The second-order valence-electron chi connectivity index (χ2n) is 5.38. The van der Waals surface area contributed by atoms with Crippen LogP contribution in [-0.2, 0) is 0 Å². The predicted octanol–water partition coefficient (Wildman–Crippen LogP) is 2.26. The van der Waals surface area contributed by atoms with E-state index in [-0.39, 0.29) is 0 Å². The lowest BCUT2D eigenvalue weighted by atomic mass is 10.1. The Kier molecular flexibility index (Phi) is 5.63. The highest BCUT2D eigenvalue weighted by Crippen LogP contribution is 2.16. The molecule has 0 aliphatic heterocycles. The fourth-order valence-electron chi connectivity index (χ4n) is 1.92. The Morgan fingerprint density at radius 3 is 2.39 bits per heavy atom. The van der Waals surface area contributed by atoms with Crippen molar-refractivity contribution in [1.29, 1.82) is 0 Å². The van der Waals surface area contributed by atoms with Gasteiger partial charge in [-0.05, 0) is 26.0 Å². The third kappa shape index (κ3) is 5.07. The molecule has 0 aliphatic rings. The molecular formula is C15H26N2O. The van der Waals surface area contributed by atoms with Crippen LogP contribution in [0.3, 0.4) is 0 Å². The molecule has 1 rings (SSSR count). The standard InChI is InChI=1S/C15H26N2O/c1-5-17(14-9-7-6-8-10-14)12-15(4,18)11-16-13(2)3/h6-10,13,16,18H,5,11-12H2,1-4H3. The summed E-state index contributed by atoms with van der Waals surface area (Å²) in [6.45, 7) is 10.3. The van der Waals surface area contributed by atoms with Crippen LogP contribution in [0, 0.1) is 0 Å². The molecule has 0 aliphatic carbocycles. The van der Waals surface area contributed by atoms with E-state index >= 15 is 0 Å². The Bertz CT molecular complexity index is 336. The average molecular weight is 250 g/mol. The molecule has 0 aromatic heterocycles. The number of rotatable bonds is 7. The summed E-state index contributed by atoms with van der Waals surface area (Å²) >= 11 is 0. The zero-order chi connectivity index (χ0) is 13.6. The number of likely N-dealkylation sites (N-methyl/N-ethyl adjacent to an activating group) is 1. The van der Waals surface area contributed by atoms with E-state index in [1.165, 1.54) is 0 Å². The SMILES string of the molecule is CCN(CC(C)(O)CNC(C)C)c1ccccc1. The Labute approximate surface area is 111 Å². The maximum Gasteiger partial charge on any atom is 0.0917 e. The molecule has 0 spiro atoms. The molecule has 2 N–H and O–H groups in total. The van der Waals surface area contributed by atoms with Crippen molar-refractivity contribution in [2.75, 3.05) is 24.5 Å². The van der Waals surface area contributed by atoms with Crippen LogP contribution < -0.4 is 10.2 Å². The van der Waals surface area contributed by atoms with E-state index in [1.54, 1.807) is 0 Å². The molecule has 0 heterocycles. The second-order valence-corrected chi connectivity index (χ2v) is 5.38. The van der Waals surface area contributed by atoms with Crippen molar-refractivity contribution in [3.63, 3.8) is 0 Å². The number of nitrogens with one attached hydrogen (secondary N) is 1. The fourth-order valence-corrected chi connectivity index (χ4v) is 1.92. The Hall–Kier alpha value is -1.06. The maximum atomic E-state index is 10.4. The van der Waals surface area contributed by atoms with Crippen molar-refractivity contribution >= 4 is 5.69 Å². The van der Waals surface area contributed by atoms with Crippen LogP contribution in [0.25, 0.3) is 0 Å². The molecule has 0 bridgehead atoms. The lowest BCUT2D eigenvalue weighted by Gasteiger charge is -2.33. The van der Waals surface area contributed by atoms with E-state index in [0.717, 1.165) is 12.2 Å². The third-order valence-corrected chi connectivity index (χ3v) is 2.93. The van der Waals surface area contributed by atoms with Gasteiger partial charge >= 0.3 is 0 Å². The first-order chi connectivity index (χ1) is 8.44. The Morgan fingerprint density at radius 2 is 1.89 bits per heavy atom. The molecule has 18 heavy (non-hydrogen) atoms. The molecule has 0 saturated carbocycles. The van der Waals surface area contributed by atoms with Gasteiger partial charge < -0.3 is 15.3 Å². The van der Waals surface area contributed by atoms with Gasteiger partial charge in [-0.2, -0.15) is 0 Å². The van der Waals surface area contributed by atoms with Crippen molar-refractivity contribution in [3.05, 3.63) is 30.3 Å². The summed E-state index contributed by atoms with van der Waals surface area (Å²) < 4.78 is 0. The third-order valence-electron chi connectivity index (χ3n) is 2.93. The number of para-hydroxylation sites is 1. The molecule has 1 unspecified atom stereocenters. The molecule has 1 atom stereocenters. The fraction of sp³-hybridized carbons (Fsp3) is 0.600. The van der Waals surface area contributed by atoms with Crippen LogP contribution in [0.4, 0.5) is 5.69 Å². The smallest absolute Gasteiger partial charge is 0.0917 e. The summed E-state index contributed by atoms with van der Waals surface area (Å²) in [5.74, 6) is 0. The van der Waals surface area contributed by atoms with E-state index < -0.39 is 5.60 Å². The summed E-state index contributed by atoms with van der Waals surface area (Å²) in [7, 11) is 0. The molecular weight excluding hydrogens is 224 g/mol. The van der Waals surface area contributed by atoms with Gasteiger partial charge in [0.15, 0.2) is 0 Å². The summed E-state index contributed by atoms with van der Waals surface area (Å²) in [6, 6.07) is 10.6. The molecule has 0 radical (unpaired) electrons. The molecule has 3 nitrogen and oxygen atoms in total. The molecule has 0 amide bonds. The summed E-state index contributed by atoms with van der Waals surface area (Å²) in [5.41, 5.74) is 0.431. The normalized spacial score (nSPS) is 14.6. The van der Waals surface area contributed by atoms with E-state index in [9.17, 15) is 5.11 Å². The quantitative estimate of drug-likeness (QED) is 0.779. The molecule has 1 aromatic carbocycles. The van der Waals surface area contributed by atoms with Crippen LogP contribution in [0.2, 0.25) is 0 Å². The highest BCUT2D eigenvalue weighted by molar-refractivity contribution is 5.46. The zero-order valence-electron chi connectivity index (χ0n) is 12.0. The van der Waals surface area contributed by atoms with E-state index in [1.807, 2.05) is 25.1 Å². The van der Waals surface area contributed by atoms with E-state index in [0.29, 0.717) is 19.1 Å². The minimum Gasteiger partial charge on any atom is -0.387 e. The van der Waals surface area contributed by atoms with Gasteiger partial charge in [-0.15, -0.1) is 0 Å². The van der Waals surface area contributed by atoms with Crippen LogP contribution in [-0.4, -0.2) is 36.4 Å². The Morgan fingerprint density at radius 1 is 1.28 bits per heavy atom. The summed E-state index contributed by atoms with van der Waals surface area (Å²) in [5, 5.41) is 13.7. The summed E-state index contributed by atoms with van der Waals surface area (Å²) in [6.07, 6.45) is 0. The summed E-state index contributed by atoms with van der Waals surface area (Å²) in [4.78, 5) is 2.20. The van der Waals surface area contributed by atoms with Crippen molar-refractivity contribution < 1.29 is 5.11 Å². The highest BCUT2D eigenvalue weighted by Gasteiger charge is 2.23. The van der Waals surface area contributed by atoms with Gasteiger partial charge in [-0.25, -0.2) is 0 Å². The molecule has 3 heteroatoms. The van der Waals surface area contributed by atoms with Gasteiger partial charge in [0, 0.05) is 31.4 Å². The maximum absolute atomic E-state index is 10.4. The topological polar surface area (TPSA) is 35.5 Å². The average Bonchev–Trinajstić information content (AvgIpc) is 2.35. The van der Waals surface area contributed by atoms with E-state index in [4.69, 9.17) is 0 Å². The lowest BCUT2D eigenvalue weighted by molar-refractivity contribution is 0.0647. The van der Waals surface area contributed by atoms with Gasteiger partial charge in [0.05, 0.1) is 5.60 Å². The number of aliphatic hydroxyl groups is 1.